The molecule has 5 nitrogen and oxygen atoms in total. The van der Waals surface area contributed by atoms with Crippen molar-refractivity contribution in [3.63, 3.8) is 0 Å². The fourth-order valence-electron chi connectivity index (χ4n) is 2.26. The molecule has 0 unspecified atom stereocenters. The molecular formula is C19H15ClN2O3S. The van der Waals surface area contributed by atoms with E-state index in [0.29, 0.717) is 26.8 Å². The van der Waals surface area contributed by atoms with Gasteiger partial charge in [-0.3, -0.25) is 4.79 Å². The van der Waals surface area contributed by atoms with Crippen molar-refractivity contribution in [1.82, 2.24) is 0 Å². The third kappa shape index (κ3) is 4.22. The summed E-state index contributed by atoms with van der Waals surface area (Å²) in [6.07, 6.45) is 0. The van der Waals surface area contributed by atoms with Crippen molar-refractivity contribution < 1.29 is 14.3 Å². The maximum atomic E-state index is 12.0. The number of rotatable bonds is 5. The largest absolute Gasteiger partial charge is 0.465 e. The summed E-state index contributed by atoms with van der Waals surface area (Å²) in [4.78, 5) is 24.3. The van der Waals surface area contributed by atoms with E-state index in [1.165, 1.54) is 18.4 Å². The number of thiophene rings is 1. The van der Waals surface area contributed by atoms with Gasteiger partial charge in [0.25, 0.3) is 5.91 Å². The molecule has 0 bridgehead atoms. The van der Waals surface area contributed by atoms with Crippen LogP contribution in [-0.4, -0.2) is 19.0 Å². The smallest absolute Gasteiger partial charge is 0.337 e. The molecule has 2 N–H and O–H groups in total. The molecule has 0 atom stereocenters. The number of hydrogen-bond donors (Lipinski definition) is 2. The maximum Gasteiger partial charge on any atom is 0.337 e. The number of halogens is 1. The summed E-state index contributed by atoms with van der Waals surface area (Å²) >= 11 is 7.57. The summed E-state index contributed by atoms with van der Waals surface area (Å²) < 4.78 is 4.72. The number of benzene rings is 2. The summed E-state index contributed by atoms with van der Waals surface area (Å²) in [5.74, 6) is -0.578. The first-order valence-electron chi connectivity index (χ1n) is 7.66. The lowest BCUT2D eigenvalue weighted by molar-refractivity contribution is 0.0600. The van der Waals surface area contributed by atoms with Crippen molar-refractivity contribution in [3.8, 4) is 0 Å². The van der Waals surface area contributed by atoms with Crippen LogP contribution in [-0.2, 0) is 4.74 Å². The molecule has 2 aromatic carbocycles. The first kappa shape index (κ1) is 18.0. The van der Waals surface area contributed by atoms with E-state index in [1.807, 2.05) is 23.6 Å². The van der Waals surface area contributed by atoms with Crippen LogP contribution in [0.2, 0.25) is 5.02 Å². The van der Waals surface area contributed by atoms with Gasteiger partial charge in [0, 0.05) is 11.4 Å². The average molecular weight is 387 g/mol. The molecule has 3 aromatic rings. The van der Waals surface area contributed by atoms with E-state index in [4.69, 9.17) is 16.3 Å². The molecule has 7 heteroatoms. The van der Waals surface area contributed by atoms with Gasteiger partial charge < -0.3 is 15.4 Å². The topological polar surface area (TPSA) is 67.4 Å². The second kappa shape index (κ2) is 8.03. The Morgan fingerprint density at radius 2 is 1.77 bits per heavy atom. The Morgan fingerprint density at radius 3 is 2.42 bits per heavy atom. The SMILES string of the molecule is COC(=O)c1ccc(Cl)c(Nc2ccc(NC(=O)c3cccs3)cc2)c1. The molecular weight excluding hydrogens is 372 g/mol. The molecule has 3 rings (SSSR count). The normalized spacial score (nSPS) is 10.2. The second-order valence-corrected chi connectivity index (χ2v) is 6.67. The molecule has 0 aliphatic carbocycles. The Hall–Kier alpha value is -2.83. The van der Waals surface area contributed by atoms with Crippen LogP contribution in [0.15, 0.2) is 60.0 Å². The summed E-state index contributed by atoms with van der Waals surface area (Å²) in [6.45, 7) is 0. The number of nitrogens with one attached hydrogen (secondary N) is 2. The predicted molar refractivity (Wildman–Crippen MR) is 105 cm³/mol. The lowest BCUT2D eigenvalue weighted by Gasteiger charge is -2.11. The predicted octanol–water partition coefficient (Wildman–Crippen LogP) is 5.18. The summed E-state index contributed by atoms with van der Waals surface area (Å²) in [5.41, 5.74) is 2.44. The number of esters is 1. The Morgan fingerprint density at radius 1 is 1.04 bits per heavy atom. The van der Waals surface area contributed by atoms with Crippen LogP contribution in [0.25, 0.3) is 0 Å². The fraction of sp³-hybridized carbons (Fsp3) is 0.0526. The van der Waals surface area contributed by atoms with E-state index in [1.54, 1.807) is 36.4 Å². The Labute approximate surface area is 159 Å². The summed E-state index contributed by atoms with van der Waals surface area (Å²) in [5, 5.41) is 8.32. The third-order valence-electron chi connectivity index (χ3n) is 3.55. The Bertz CT molecular complexity index is 924. The molecule has 132 valence electrons. The van der Waals surface area contributed by atoms with Gasteiger partial charge in [-0.1, -0.05) is 17.7 Å². The summed E-state index contributed by atoms with van der Waals surface area (Å²) in [6, 6.07) is 15.6. The lowest BCUT2D eigenvalue weighted by atomic mass is 10.2. The van der Waals surface area contributed by atoms with Gasteiger partial charge >= 0.3 is 5.97 Å². The van der Waals surface area contributed by atoms with Crippen molar-refractivity contribution in [2.24, 2.45) is 0 Å². The quantitative estimate of drug-likeness (QED) is 0.592. The zero-order chi connectivity index (χ0) is 18.5. The molecule has 1 aromatic heterocycles. The lowest BCUT2D eigenvalue weighted by Crippen LogP contribution is -2.09. The van der Waals surface area contributed by atoms with Gasteiger partial charge in [0.05, 0.1) is 28.3 Å². The van der Waals surface area contributed by atoms with Crippen molar-refractivity contribution >= 4 is 51.9 Å². The van der Waals surface area contributed by atoms with Gasteiger partial charge in [0.1, 0.15) is 0 Å². The number of carbonyl (C=O) groups excluding carboxylic acids is 2. The molecule has 26 heavy (non-hydrogen) atoms. The zero-order valence-electron chi connectivity index (χ0n) is 13.8. The van der Waals surface area contributed by atoms with E-state index in [9.17, 15) is 9.59 Å². The average Bonchev–Trinajstić information content (AvgIpc) is 3.19. The van der Waals surface area contributed by atoms with E-state index < -0.39 is 5.97 Å². The number of anilines is 3. The minimum Gasteiger partial charge on any atom is -0.465 e. The van der Waals surface area contributed by atoms with Gasteiger partial charge in [-0.2, -0.15) is 0 Å². The van der Waals surface area contributed by atoms with E-state index in [2.05, 4.69) is 10.6 Å². The molecule has 0 spiro atoms. The zero-order valence-corrected chi connectivity index (χ0v) is 15.4. The van der Waals surface area contributed by atoms with Crippen molar-refractivity contribution in [2.75, 3.05) is 17.7 Å². The monoisotopic (exact) mass is 386 g/mol. The van der Waals surface area contributed by atoms with Crippen molar-refractivity contribution in [1.29, 1.82) is 0 Å². The molecule has 0 saturated heterocycles. The van der Waals surface area contributed by atoms with Crippen LogP contribution in [0, 0.1) is 0 Å². The van der Waals surface area contributed by atoms with Crippen LogP contribution < -0.4 is 10.6 Å². The van der Waals surface area contributed by atoms with E-state index in [-0.39, 0.29) is 5.91 Å². The molecule has 0 aliphatic rings. The van der Waals surface area contributed by atoms with Crippen LogP contribution in [0.1, 0.15) is 20.0 Å². The fourth-order valence-corrected chi connectivity index (χ4v) is 3.04. The van der Waals surface area contributed by atoms with Gasteiger partial charge in [-0.25, -0.2) is 4.79 Å². The highest BCUT2D eigenvalue weighted by atomic mass is 35.5. The molecule has 0 fully saturated rings. The number of amides is 1. The minimum absolute atomic E-state index is 0.144. The summed E-state index contributed by atoms with van der Waals surface area (Å²) in [7, 11) is 1.33. The van der Waals surface area contributed by atoms with Gasteiger partial charge in [0.15, 0.2) is 0 Å². The standard InChI is InChI=1S/C19H15ClN2O3S/c1-25-19(24)12-4-9-15(20)16(11-12)21-13-5-7-14(8-6-13)22-18(23)17-3-2-10-26-17/h2-11,21H,1H3,(H,22,23). The molecule has 1 heterocycles. The van der Waals surface area contributed by atoms with Crippen LogP contribution >= 0.6 is 22.9 Å². The van der Waals surface area contributed by atoms with Crippen LogP contribution in [0.4, 0.5) is 17.1 Å². The maximum absolute atomic E-state index is 12.0. The Balaban J connectivity index is 1.71. The van der Waals surface area contributed by atoms with Crippen LogP contribution in [0.3, 0.4) is 0 Å². The number of carbonyl (C=O) groups is 2. The molecule has 0 saturated carbocycles. The number of ether oxygens (including phenoxy) is 1. The third-order valence-corrected chi connectivity index (χ3v) is 4.75. The van der Waals surface area contributed by atoms with E-state index in [0.717, 1.165) is 5.69 Å². The molecule has 0 aliphatic heterocycles. The van der Waals surface area contributed by atoms with Crippen LogP contribution in [0.5, 0.6) is 0 Å². The van der Waals surface area contributed by atoms with Gasteiger partial charge in [-0.15, -0.1) is 11.3 Å². The Kier molecular flexibility index (Phi) is 5.55. The molecule has 0 radical (unpaired) electrons. The highest BCUT2D eigenvalue weighted by Gasteiger charge is 2.10. The highest BCUT2D eigenvalue weighted by Crippen LogP contribution is 2.27. The number of hydrogen-bond acceptors (Lipinski definition) is 5. The van der Waals surface area contributed by atoms with Gasteiger partial charge in [-0.05, 0) is 53.9 Å². The molecule has 1 amide bonds. The van der Waals surface area contributed by atoms with Crippen molar-refractivity contribution in [3.05, 3.63) is 75.4 Å². The van der Waals surface area contributed by atoms with Crippen molar-refractivity contribution in [2.45, 2.75) is 0 Å². The first-order chi connectivity index (χ1) is 12.6. The minimum atomic E-state index is -0.434. The second-order valence-electron chi connectivity index (χ2n) is 5.32. The van der Waals surface area contributed by atoms with E-state index >= 15 is 0 Å². The van der Waals surface area contributed by atoms with Gasteiger partial charge in [0.2, 0.25) is 0 Å². The highest BCUT2D eigenvalue weighted by molar-refractivity contribution is 7.12. The number of methoxy groups -OCH3 is 1. The first-order valence-corrected chi connectivity index (χ1v) is 8.92.